The van der Waals surface area contributed by atoms with Crippen LogP contribution < -0.4 is 4.31 Å². The van der Waals surface area contributed by atoms with Crippen LogP contribution in [0, 0.1) is 0 Å². The molecule has 176 valence electrons. The summed E-state index contributed by atoms with van der Waals surface area (Å²) >= 11 is 1.40. The molecule has 0 aliphatic carbocycles. The van der Waals surface area contributed by atoms with Gasteiger partial charge in [0.15, 0.2) is 0 Å². The van der Waals surface area contributed by atoms with E-state index < -0.39 is 10.0 Å². The van der Waals surface area contributed by atoms with E-state index in [2.05, 4.69) is 6.58 Å². The first-order chi connectivity index (χ1) is 16.4. The van der Waals surface area contributed by atoms with Gasteiger partial charge in [-0.3, -0.25) is 13.9 Å². The van der Waals surface area contributed by atoms with E-state index in [9.17, 15) is 18.0 Å². The SMILES string of the molecule is C=CCN(c1ccccc1)S(=O)(=O)c1cccc(C(=O)N2CCN(C(=O)c3cccs3)CC2)c1. The van der Waals surface area contributed by atoms with E-state index in [1.165, 1.54) is 33.9 Å². The quantitative estimate of drug-likeness (QED) is 0.468. The highest BCUT2D eigenvalue weighted by molar-refractivity contribution is 7.92. The molecule has 0 unspecified atom stereocenters. The fraction of sp³-hybridized carbons (Fsp3) is 0.200. The highest BCUT2D eigenvalue weighted by Crippen LogP contribution is 2.25. The van der Waals surface area contributed by atoms with Gasteiger partial charge in [-0.05, 0) is 41.8 Å². The van der Waals surface area contributed by atoms with Gasteiger partial charge in [0.05, 0.1) is 22.0 Å². The van der Waals surface area contributed by atoms with Crippen LogP contribution >= 0.6 is 11.3 Å². The van der Waals surface area contributed by atoms with Crippen LogP contribution in [0.4, 0.5) is 5.69 Å². The fourth-order valence-corrected chi connectivity index (χ4v) is 5.99. The zero-order valence-electron chi connectivity index (χ0n) is 18.5. The van der Waals surface area contributed by atoms with E-state index in [4.69, 9.17) is 0 Å². The molecule has 0 spiro atoms. The number of hydrogen-bond acceptors (Lipinski definition) is 5. The zero-order valence-corrected chi connectivity index (χ0v) is 20.2. The lowest BCUT2D eigenvalue weighted by Gasteiger charge is -2.34. The van der Waals surface area contributed by atoms with E-state index in [0.717, 1.165) is 0 Å². The van der Waals surface area contributed by atoms with Gasteiger partial charge in [0.25, 0.3) is 21.8 Å². The average molecular weight is 496 g/mol. The summed E-state index contributed by atoms with van der Waals surface area (Å²) in [4.78, 5) is 29.8. The lowest BCUT2D eigenvalue weighted by molar-refractivity contribution is 0.0538. The Labute approximate surface area is 203 Å². The van der Waals surface area contributed by atoms with Crippen molar-refractivity contribution < 1.29 is 18.0 Å². The first-order valence-corrected chi connectivity index (χ1v) is 13.1. The van der Waals surface area contributed by atoms with E-state index >= 15 is 0 Å². The maximum atomic E-state index is 13.4. The summed E-state index contributed by atoms with van der Waals surface area (Å²) in [5.41, 5.74) is 0.816. The molecule has 1 aliphatic rings. The smallest absolute Gasteiger partial charge is 0.264 e. The summed E-state index contributed by atoms with van der Waals surface area (Å²) in [6, 6.07) is 18.5. The first-order valence-electron chi connectivity index (χ1n) is 10.8. The van der Waals surface area contributed by atoms with Crippen molar-refractivity contribution in [2.24, 2.45) is 0 Å². The number of hydrogen-bond donors (Lipinski definition) is 0. The molecule has 0 saturated carbocycles. The Morgan fingerprint density at radius 1 is 0.912 bits per heavy atom. The van der Waals surface area contributed by atoms with Gasteiger partial charge in [-0.2, -0.15) is 0 Å². The molecular formula is C25H25N3O4S2. The van der Waals surface area contributed by atoms with E-state index in [1.54, 1.807) is 52.3 Å². The second-order valence-electron chi connectivity index (χ2n) is 7.75. The summed E-state index contributed by atoms with van der Waals surface area (Å²) in [6.07, 6.45) is 1.52. The molecule has 0 atom stereocenters. The minimum atomic E-state index is -3.91. The van der Waals surface area contributed by atoms with Crippen molar-refractivity contribution >= 4 is 38.9 Å². The van der Waals surface area contributed by atoms with Crippen molar-refractivity contribution in [1.82, 2.24) is 9.80 Å². The lowest BCUT2D eigenvalue weighted by atomic mass is 10.2. The Morgan fingerprint density at radius 3 is 2.21 bits per heavy atom. The number of thiophene rings is 1. The van der Waals surface area contributed by atoms with Gasteiger partial charge in [0.1, 0.15) is 0 Å². The van der Waals surface area contributed by atoms with Crippen LogP contribution in [0.1, 0.15) is 20.0 Å². The van der Waals surface area contributed by atoms with Crippen LogP contribution in [0.3, 0.4) is 0 Å². The normalized spacial score (nSPS) is 14.0. The van der Waals surface area contributed by atoms with Crippen molar-refractivity contribution in [3.8, 4) is 0 Å². The fourth-order valence-electron chi connectivity index (χ4n) is 3.82. The maximum Gasteiger partial charge on any atom is 0.264 e. The Bertz CT molecular complexity index is 1270. The molecule has 7 nitrogen and oxygen atoms in total. The number of piperazine rings is 1. The van der Waals surface area contributed by atoms with Crippen molar-refractivity contribution in [3.05, 3.63) is 95.2 Å². The van der Waals surface area contributed by atoms with Gasteiger partial charge in [-0.1, -0.05) is 36.4 Å². The number of sulfonamides is 1. The van der Waals surface area contributed by atoms with Gasteiger partial charge in [-0.25, -0.2) is 8.42 Å². The molecule has 1 fully saturated rings. The summed E-state index contributed by atoms with van der Waals surface area (Å²) < 4.78 is 28.1. The second-order valence-corrected chi connectivity index (χ2v) is 10.6. The molecule has 0 N–H and O–H groups in total. The predicted molar refractivity (Wildman–Crippen MR) is 134 cm³/mol. The number of amides is 2. The lowest BCUT2D eigenvalue weighted by Crippen LogP contribution is -2.50. The molecule has 2 amide bonds. The molecule has 2 aromatic carbocycles. The molecule has 3 aromatic rings. The van der Waals surface area contributed by atoms with Gasteiger partial charge >= 0.3 is 0 Å². The molecule has 0 radical (unpaired) electrons. The molecule has 4 rings (SSSR count). The molecule has 1 aliphatic heterocycles. The Morgan fingerprint density at radius 2 is 1.59 bits per heavy atom. The van der Waals surface area contributed by atoms with Crippen molar-refractivity contribution in [2.45, 2.75) is 4.90 Å². The monoisotopic (exact) mass is 495 g/mol. The highest BCUT2D eigenvalue weighted by Gasteiger charge is 2.28. The van der Waals surface area contributed by atoms with E-state index in [0.29, 0.717) is 42.3 Å². The average Bonchev–Trinajstić information content (AvgIpc) is 3.42. The van der Waals surface area contributed by atoms with E-state index in [-0.39, 0.29) is 23.3 Å². The van der Waals surface area contributed by atoms with Gasteiger partial charge < -0.3 is 9.80 Å². The Hall–Kier alpha value is -3.43. The summed E-state index contributed by atoms with van der Waals surface area (Å²) in [7, 11) is -3.91. The van der Waals surface area contributed by atoms with Gasteiger partial charge in [0, 0.05) is 31.7 Å². The number of rotatable bonds is 7. The number of carbonyl (C=O) groups is 2. The van der Waals surface area contributed by atoms with Crippen molar-refractivity contribution in [1.29, 1.82) is 0 Å². The minimum absolute atomic E-state index is 0.0292. The van der Waals surface area contributed by atoms with Crippen LogP contribution in [0.25, 0.3) is 0 Å². The van der Waals surface area contributed by atoms with Crippen molar-refractivity contribution in [3.63, 3.8) is 0 Å². The molecule has 34 heavy (non-hydrogen) atoms. The third-order valence-electron chi connectivity index (χ3n) is 5.59. The van der Waals surface area contributed by atoms with Crippen LogP contribution in [0.15, 0.2) is 89.7 Å². The first kappa shape index (κ1) is 23.7. The summed E-state index contributed by atoms with van der Waals surface area (Å²) in [5.74, 6) is -0.284. The zero-order chi connectivity index (χ0) is 24.1. The summed E-state index contributed by atoms with van der Waals surface area (Å²) in [5, 5.41) is 1.86. The van der Waals surface area contributed by atoms with Crippen LogP contribution in [-0.4, -0.2) is 62.8 Å². The van der Waals surface area contributed by atoms with Crippen molar-refractivity contribution in [2.75, 3.05) is 37.0 Å². The van der Waals surface area contributed by atoms with Crippen LogP contribution in [0.5, 0.6) is 0 Å². The van der Waals surface area contributed by atoms with Crippen LogP contribution in [-0.2, 0) is 10.0 Å². The second kappa shape index (κ2) is 10.2. The number of anilines is 1. The Balaban J connectivity index is 1.50. The molecule has 1 aromatic heterocycles. The van der Waals surface area contributed by atoms with Gasteiger partial charge in [-0.15, -0.1) is 17.9 Å². The number of benzene rings is 2. The molecule has 2 heterocycles. The number of carbonyl (C=O) groups excluding carboxylic acids is 2. The van der Waals surface area contributed by atoms with E-state index in [1.807, 2.05) is 17.5 Å². The van der Waals surface area contributed by atoms with Gasteiger partial charge in [0.2, 0.25) is 0 Å². The maximum absolute atomic E-state index is 13.4. The predicted octanol–water partition coefficient (Wildman–Crippen LogP) is 3.73. The highest BCUT2D eigenvalue weighted by atomic mass is 32.2. The molecule has 0 bridgehead atoms. The molecule has 1 saturated heterocycles. The Kier molecular flexibility index (Phi) is 7.14. The molecular weight excluding hydrogens is 470 g/mol. The third kappa shape index (κ3) is 4.90. The summed E-state index contributed by atoms with van der Waals surface area (Å²) in [6.45, 7) is 5.42. The third-order valence-corrected chi connectivity index (χ3v) is 8.24. The topological polar surface area (TPSA) is 78.0 Å². The minimum Gasteiger partial charge on any atom is -0.335 e. The standard InChI is InChI=1S/C25H25N3O4S2/c1-2-13-28(21-9-4-3-5-10-21)34(31,32)22-11-6-8-20(19-22)24(29)26-14-16-27(17-15-26)25(30)23-12-7-18-33-23/h2-12,18-19H,1,13-17H2. The molecule has 9 heteroatoms. The number of nitrogens with zero attached hydrogens (tertiary/aromatic N) is 3. The largest absolute Gasteiger partial charge is 0.335 e. The number of para-hydroxylation sites is 1. The van der Waals surface area contributed by atoms with Crippen LogP contribution in [0.2, 0.25) is 0 Å².